The first-order chi connectivity index (χ1) is 19.9. The SMILES string of the molecule is CCNS(=O)(=O)c1ccc(CCC(=O)N(Cc2ccccc2)[C@@H](Cc2ccccc2)C(=O)NCc2ccco2)cc1. The number of hydrogen-bond donors (Lipinski definition) is 2. The van der Waals surface area contributed by atoms with Gasteiger partial charge in [-0.05, 0) is 47.4 Å². The van der Waals surface area contributed by atoms with E-state index in [1.54, 1.807) is 54.5 Å². The Labute approximate surface area is 241 Å². The highest BCUT2D eigenvalue weighted by atomic mass is 32.2. The minimum absolute atomic E-state index is 0.156. The molecule has 0 fully saturated rings. The maximum absolute atomic E-state index is 13.8. The number of carbonyl (C=O) groups is 2. The maximum Gasteiger partial charge on any atom is 0.243 e. The molecule has 0 unspecified atom stereocenters. The van der Waals surface area contributed by atoms with Gasteiger partial charge in [-0.2, -0.15) is 0 Å². The number of carbonyl (C=O) groups excluding carboxylic acids is 2. The highest BCUT2D eigenvalue weighted by Gasteiger charge is 2.30. The molecule has 0 saturated carbocycles. The number of aryl methyl sites for hydroxylation is 1. The summed E-state index contributed by atoms with van der Waals surface area (Å²) in [5.41, 5.74) is 2.68. The average Bonchev–Trinajstić information content (AvgIpc) is 3.51. The number of furan rings is 1. The van der Waals surface area contributed by atoms with Crippen LogP contribution in [0.1, 0.15) is 35.8 Å². The van der Waals surface area contributed by atoms with Crippen LogP contribution in [0.2, 0.25) is 0 Å². The van der Waals surface area contributed by atoms with Crippen molar-refractivity contribution in [2.45, 2.75) is 50.2 Å². The van der Waals surface area contributed by atoms with Crippen molar-refractivity contribution in [2.24, 2.45) is 0 Å². The minimum atomic E-state index is -3.56. The van der Waals surface area contributed by atoms with Gasteiger partial charge in [0.15, 0.2) is 0 Å². The molecular weight excluding hydrogens is 538 g/mol. The van der Waals surface area contributed by atoms with Crippen LogP contribution in [0.4, 0.5) is 0 Å². The quantitative estimate of drug-likeness (QED) is 0.232. The van der Waals surface area contributed by atoms with Crippen LogP contribution in [0.15, 0.2) is 113 Å². The third-order valence-corrected chi connectivity index (χ3v) is 8.24. The lowest BCUT2D eigenvalue weighted by Crippen LogP contribution is -2.50. The number of rotatable bonds is 14. The molecule has 2 amide bonds. The molecule has 0 radical (unpaired) electrons. The number of nitrogens with one attached hydrogen (secondary N) is 2. The second-order valence-corrected chi connectivity index (χ2v) is 11.4. The normalized spacial score (nSPS) is 12.0. The van der Waals surface area contributed by atoms with Crippen molar-refractivity contribution in [3.05, 3.63) is 126 Å². The molecule has 0 aliphatic rings. The Kier molecular flexibility index (Phi) is 10.5. The summed E-state index contributed by atoms with van der Waals surface area (Å²) in [4.78, 5) is 29.3. The van der Waals surface area contributed by atoms with Gasteiger partial charge < -0.3 is 14.6 Å². The van der Waals surface area contributed by atoms with E-state index in [9.17, 15) is 18.0 Å². The maximum atomic E-state index is 13.8. The summed E-state index contributed by atoms with van der Waals surface area (Å²) in [6, 6.07) is 28.5. The van der Waals surface area contributed by atoms with Crippen LogP contribution < -0.4 is 10.0 Å². The Morgan fingerprint density at radius 1 is 0.829 bits per heavy atom. The fourth-order valence-electron chi connectivity index (χ4n) is 4.54. The molecule has 1 atom stereocenters. The summed E-state index contributed by atoms with van der Waals surface area (Å²) >= 11 is 0. The van der Waals surface area contributed by atoms with E-state index in [-0.39, 0.29) is 36.2 Å². The molecular formula is C32H35N3O5S. The van der Waals surface area contributed by atoms with Gasteiger partial charge in [-0.3, -0.25) is 9.59 Å². The number of hydrogen-bond acceptors (Lipinski definition) is 5. The van der Waals surface area contributed by atoms with E-state index in [2.05, 4.69) is 10.0 Å². The first kappa shape index (κ1) is 29.8. The number of amides is 2. The van der Waals surface area contributed by atoms with Crippen LogP contribution >= 0.6 is 0 Å². The average molecular weight is 574 g/mol. The van der Waals surface area contributed by atoms with Gasteiger partial charge in [0.25, 0.3) is 0 Å². The molecule has 0 saturated heterocycles. The fraction of sp³-hybridized carbons (Fsp3) is 0.250. The van der Waals surface area contributed by atoms with E-state index in [0.717, 1.165) is 16.7 Å². The molecule has 214 valence electrons. The Morgan fingerprint density at radius 2 is 1.49 bits per heavy atom. The van der Waals surface area contributed by atoms with Gasteiger partial charge in [0, 0.05) is 25.9 Å². The van der Waals surface area contributed by atoms with Gasteiger partial charge >= 0.3 is 0 Å². The van der Waals surface area contributed by atoms with Gasteiger partial charge in [0.05, 0.1) is 17.7 Å². The third kappa shape index (κ3) is 8.64. The molecule has 41 heavy (non-hydrogen) atoms. The molecule has 9 heteroatoms. The smallest absolute Gasteiger partial charge is 0.243 e. The standard InChI is InChI=1S/C32H35N3O5S/c1-2-34-41(38,39)29-18-15-25(16-19-29)17-20-31(36)35(24-27-12-7-4-8-13-27)30(22-26-10-5-3-6-11-26)32(37)33-23-28-14-9-21-40-28/h3-16,18-19,21,30,34H,2,17,20,22-24H2,1H3,(H,33,37)/t30-/m0/s1. The van der Waals surface area contributed by atoms with Gasteiger partial charge in [-0.15, -0.1) is 0 Å². The highest BCUT2D eigenvalue weighted by molar-refractivity contribution is 7.89. The first-order valence-corrected chi connectivity index (χ1v) is 15.1. The zero-order valence-electron chi connectivity index (χ0n) is 23.0. The van der Waals surface area contributed by atoms with E-state index < -0.39 is 16.1 Å². The van der Waals surface area contributed by atoms with Crippen LogP contribution in [0.25, 0.3) is 0 Å². The lowest BCUT2D eigenvalue weighted by atomic mass is 10.0. The lowest BCUT2D eigenvalue weighted by Gasteiger charge is -2.31. The number of sulfonamides is 1. The molecule has 0 bridgehead atoms. The van der Waals surface area contributed by atoms with Crippen LogP contribution in [0.3, 0.4) is 0 Å². The van der Waals surface area contributed by atoms with E-state index in [4.69, 9.17) is 4.42 Å². The van der Waals surface area contributed by atoms with Crippen LogP contribution in [-0.4, -0.2) is 37.7 Å². The molecule has 4 aromatic rings. The van der Waals surface area contributed by atoms with Gasteiger partial charge in [-0.1, -0.05) is 79.7 Å². The molecule has 4 rings (SSSR count). The highest BCUT2D eigenvalue weighted by Crippen LogP contribution is 2.18. The predicted molar refractivity (Wildman–Crippen MR) is 157 cm³/mol. The molecule has 1 aromatic heterocycles. The molecule has 3 aromatic carbocycles. The van der Waals surface area contributed by atoms with Crippen molar-refractivity contribution in [1.82, 2.24) is 14.9 Å². The van der Waals surface area contributed by atoms with Crippen molar-refractivity contribution in [1.29, 1.82) is 0 Å². The summed E-state index contributed by atoms with van der Waals surface area (Å²) in [6.07, 6.45) is 2.46. The van der Waals surface area contributed by atoms with Crippen molar-refractivity contribution in [3.63, 3.8) is 0 Å². The van der Waals surface area contributed by atoms with Gasteiger partial charge in [0.2, 0.25) is 21.8 Å². The molecule has 8 nitrogen and oxygen atoms in total. The van der Waals surface area contributed by atoms with Crippen molar-refractivity contribution in [2.75, 3.05) is 6.54 Å². The van der Waals surface area contributed by atoms with E-state index >= 15 is 0 Å². The predicted octanol–water partition coefficient (Wildman–Crippen LogP) is 4.47. The van der Waals surface area contributed by atoms with Crippen molar-refractivity contribution < 1.29 is 22.4 Å². The van der Waals surface area contributed by atoms with E-state index in [1.165, 1.54) is 0 Å². The first-order valence-electron chi connectivity index (χ1n) is 13.6. The summed E-state index contributed by atoms with van der Waals surface area (Å²) in [6.45, 7) is 2.51. The lowest BCUT2D eigenvalue weighted by molar-refractivity contribution is -0.141. The van der Waals surface area contributed by atoms with Crippen LogP contribution in [0.5, 0.6) is 0 Å². The Hall–Kier alpha value is -4.21. The second-order valence-electron chi connectivity index (χ2n) is 9.66. The zero-order chi connectivity index (χ0) is 29.1. The summed E-state index contributed by atoms with van der Waals surface area (Å²) in [5, 5.41) is 2.94. The van der Waals surface area contributed by atoms with Crippen molar-refractivity contribution >= 4 is 21.8 Å². The third-order valence-electron chi connectivity index (χ3n) is 6.68. The number of benzene rings is 3. The topological polar surface area (TPSA) is 109 Å². The van der Waals surface area contributed by atoms with Crippen molar-refractivity contribution in [3.8, 4) is 0 Å². The Morgan fingerprint density at radius 3 is 2.10 bits per heavy atom. The molecule has 2 N–H and O–H groups in total. The van der Waals surface area contributed by atoms with Gasteiger partial charge in [0.1, 0.15) is 11.8 Å². The largest absolute Gasteiger partial charge is 0.467 e. The monoisotopic (exact) mass is 573 g/mol. The molecule has 0 spiro atoms. The van der Waals surface area contributed by atoms with Gasteiger partial charge in [-0.25, -0.2) is 13.1 Å². The Balaban J connectivity index is 1.56. The zero-order valence-corrected chi connectivity index (χ0v) is 23.8. The Bertz CT molecular complexity index is 1490. The molecule has 0 aliphatic carbocycles. The fourth-order valence-corrected chi connectivity index (χ4v) is 5.58. The summed E-state index contributed by atoms with van der Waals surface area (Å²) < 4.78 is 32.4. The number of nitrogens with zero attached hydrogens (tertiary/aromatic N) is 1. The summed E-state index contributed by atoms with van der Waals surface area (Å²) in [7, 11) is -3.56. The molecule has 0 aliphatic heterocycles. The molecule has 1 heterocycles. The van der Waals surface area contributed by atoms with Crippen LogP contribution in [-0.2, 0) is 45.5 Å². The van der Waals surface area contributed by atoms with E-state index in [0.29, 0.717) is 25.1 Å². The van der Waals surface area contributed by atoms with E-state index in [1.807, 2.05) is 60.7 Å². The summed E-state index contributed by atoms with van der Waals surface area (Å²) in [5.74, 6) is 0.178. The second kappa shape index (κ2) is 14.4. The minimum Gasteiger partial charge on any atom is -0.467 e. The van der Waals surface area contributed by atoms with Crippen LogP contribution in [0, 0.1) is 0 Å².